The first kappa shape index (κ1) is 19.6. The van der Waals surface area contributed by atoms with Crippen molar-refractivity contribution in [2.24, 2.45) is 5.73 Å². The van der Waals surface area contributed by atoms with Gasteiger partial charge in [0.1, 0.15) is 18.2 Å². The predicted octanol–water partition coefficient (Wildman–Crippen LogP) is 3.58. The molecular formula is C23H22N4O3. The summed E-state index contributed by atoms with van der Waals surface area (Å²) in [6, 6.07) is 14.5. The SMILES string of the molecule is COCn1c(C)c(-c2nc3ccc(C(=O)c4ccccc4)cc3[nH]2)c(C)c1C(N)=O. The normalized spacial score (nSPS) is 11.2. The van der Waals surface area contributed by atoms with Crippen molar-refractivity contribution in [2.75, 3.05) is 7.11 Å². The average molecular weight is 402 g/mol. The number of aromatic nitrogens is 3. The van der Waals surface area contributed by atoms with E-state index in [9.17, 15) is 9.59 Å². The lowest BCUT2D eigenvalue weighted by atomic mass is 10.0. The molecule has 2 aromatic carbocycles. The molecule has 7 heteroatoms. The summed E-state index contributed by atoms with van der Waals surface area (Å²) < 4.78 is 6.97. The van der Waals surface area contributed by atoms with Gasteiger partial charge in [-0.15, -0.1) is 0 Å². The molecule has 0 spiro atoms. The van der Waals surface area contributed by atoms with Crippen LogP contribution in [0, 0.1) is 13.8 Å². The number of carbonyl (C=O) groups is 2. The van der Waals surface area contributed by atoms with Crippen LogP contribution >= 0.6 is 0 Å². The standard InChI is InChI=1S/C23H22N4O3/c1-13-19(14(2)27(12-30-3)20(13)22(24)29)23-25-17-10-9-16(11-18(17)26-23)21(28)15-7-5-4-6-8-15/h4-11H,12H2,1-3H3,(H2,24,29)(H,25,26). The first-order chi connectivity index (χ1) is 14.4. The van der Waals surface area contributed by atoms with Gasteiger partial charge in [0.2, 0.25) is 0 Å². The van der Waals surface area contributed by atoms with Crippen LogP contribution in [0.1, 0.15) is 37.7 Å². The lowest BCUT2D eigenvalue weighted by molar-refractivity contribution is 0.0953. The van der Waals surface area contributed by atoms with Gasteiger partial charge in [0.05, 0.1) is 11.0 Å². The molecule has 0 unspecified atom stereocenters. The van der Waals surface area contributed by atoms with E-state index in [4.69, 9.17) is 10.5 Å². The van der Waals surface area contributed by atoms with Crippen LogP contribution in [0.4, 0.5) is 0 Å². The molecule has 0 aliphatic carbocycles. The molecule has 30 heavy (non-hydrogen) atoms. The number of hydrogen-bond donors (Lipinski definition) is 2. The molecule has 0 fully saturated rings. The van der Waals surface area contributed by atoms with Gasteiger partial charge in [-0.05, 0) is 37.6 Å². The fraction of sp³-hybridized carbons (Fsp3) is 0.174. The molecule has 0 bridgehead atoms. The number of fused-ring (bicyclic) bond motifs is 1. The number of ketones is 1. The van der Waals surface area contributed by atoms with E-state index in [2.05, 4.69) is 9.97 Å². The number of nitrogens with zero attached hydrogens (tertiary/aromatic N) is 2. The summed E-state index contributed by atoms with van der Waals surface area (Å²) in [5.41, 5.74) is 11.0. The quantitative estimate of drug-likeness (QED) is 0.481. The Balaban J connectivity index is 1.81. The molecule has 4 aromatic rings. The van der Waals surface area contributed by atoms with E-state index >= 15 is 0 Å². The van der Waals surface area contributed by atoms with Crippen LogP contribution < -0.4 is 5.73 Å². The van der Waals surface area contributed by atoms with E-state index in [0.717, 1.165) is 27.9 Å². The Morgan fingerprint density at radius 2 is 1.83 bits per heavy atom. The van der Waals surface area contributed by atoms with Gasteiger partial charge in [0, 0.05) is 29.5 Å². The number of nitrogens with two attached hydrogens (primary N) is 1. The highest BCUT2D eigenvalue weighted by Crippen LogP contribution is 2.32. The van der Waals surface area contributed by atoms with E-state index in [1.54, 1.807) is 35.9 Å². The summed E-state index contributed by atoms with van der Waals surface area (Å²) in [5.74, 6) is 0.0377. The number of nitrogens with one attached hydrogen (secondary N) is 1. The smallest absolute Gasteiger partial charge is 0.265 e. The van der Waals surface area contributed by atoms with Crippen LogP contribution in [0.2, 0.25) is 0 Å². The highest BCUT2D eigenvalue weighted by atomic mass is 16.5. The topological polar surface area (TPSA) is 103 Å². The Morgan fingerprint density at radius 3 is 2.50 bits per heavy atom. The van der Waals surface area contributed by atoms with Crippen LogP contribution in [0.25, 0.3) is 22.4 Å². The van der Waals surface area contributed by atoms with Crippen molar-refractivity contribution in [1.29, 1.82) is 0 Å². The second-order valence-corrected chi connectivity index (χ2v) is 7.16. The van der Waals surface area contributed by atoms with Crippen molar-refractivity contribution in [3.63, 3.8) is 0 Å². The maximum absolute atomic E-state index is 12.8. The summed E-state index contributed by atoms with van der Waals surface area (Å²) >= 11 is 0. The zero-order chi connectivity index (χ0) is 21.4. The van der Waals surface area contributed by atoms with Crippen LogP contribution in [-0.2, 0) is 11.5 Å². The third kappa shape index (κ3) is 3.19. The van der Waals surface area contributed by atoms with Crippen molar-refractivity contribution in [3.05, 3.63) is 76.6 Å². The lowest BCUT2D eigenvalue weighted by Gasteiger charge is -2.08. The molecule has 0 saturated carbocycles. The number of ether oxygens (including phenoxy) is 1. The maximum atomic E-state index is 12.8. The molecule has 0 radical (unpaired) electrons. The maximum Gasteiger partial charge on any atom is 0.265 e. The molecule has 7 nitrogen and oxygen atoms in total. The van der Waals surface area contributed by atoms with Gasteiger partial charge in [-0.25, -0.2) is 4.98 Å². The number of H-pyrrole nitrogens is 1. The van der Waals surface area contributed by atoms with Crippen LogP contribution in [-0.4, -0.2) is 33.3 Å². The third-order valence-corrected chi connectivity index (χ3v) is 5.28. The van der Waals surface area contributed by atoms with E-state index in [0.29, 0.717) is 22.6 Å². The van der Waals surface area contributed by atoms with E-state index in [-0.39, 0.29) is 12.5 Å². The number of primary amides is 1. The van der Waals surface area contributed by atoms with Gasteiger partial charge in [-0.2, -0.15) is 0 Å². The molecule has 0 aliphatic rings. The molecular weight excluding hydrogens is 380 g/mol. The summed E-state index contributed by atoms with van der Waals surface area (Å²) in [6.45, 7) is 3.94. The van der Waals surface area contributed by atoms with Gasteiger partial charge in [-0.3, -0.25) is 9.59 Å². The number of hydrogen-bond acceptors (Lipinski definition) is 4. The first-order valence-corrected chi connectivity index (χ1v) is 9.50. The molecule has 0 atom stereocenters. The fourth-order valence-corrected chi connectivity index (χ4v) is 3.88. The fourth-order valence-electron chi connectivity index (χ4n) is 3.88. The van der Waals surface area contributed by atoms with Crippen LogP contribution in [0.5, 0.6) is 0 Å². The molecule has 2 heterocycles. The Hall–Kier alpha value is -3.71. The van der Waals surface area contributed by atoms with E-state index in [1.807, 2.05) is 38.1 Å². The van der Waals surface area contributed by atoms with Gasteiger partial charge in [0.15, 0.2) is 5.78 Å². The Labute approximate surface area is 173 Å². The second-order valence-electron chi connectivity index (χ2n) is 7.16. The summed E-state index contributed by atoms with van der Waals surface area (Å²) in [6.07, 6.45) is 0. The zero-order valence-electron chi connectivity index (χ0n) is 17.0. The Morgan fingerprint density at radius 1 is 1.10 bits per heavy atom. The van der Waals surface area contributed by atoms with Crippen LogP contribution in [0.15, 0.2) is 48.5 Å². The molecule has 0 aliphatic heterocycles. The summed E-state index contributed by atoms with van der Waals surface area (Å²) in [5, 5.41) is 0. The monoisotopic (exact) mass is 402 g/mol. The summed E-state index contributed by atoms with van der Waals surface area (Å²) in [7, 11) is 1.56. The molecule has 152 valence electrons. The molecule has 0 saturated heterocycles. The van der Waals surface area contributed by atoms with Crippen molar-refractivity contribution in [3.8, 4) is 11.4 Å². The predicted molar refractivity (Wildman–Crippen MR) is 114 cm³/mol. The second kappa shape index (κ2) is 7.61. The summed E-state index contributed by atoms with van der Waals surface area (Å²) in [4.78, 5) is 32.8. The molecule has 2 aromatic heterocycles. The van der Waals surface area contributed by atoms with Crippen molar-refractivity contribution < 1.29 is 14.3 Å². The van der Waals surface area contributed by atoms with Crippen molar-refractivity contribution in [1.82, 2.24) is 14.5 Å². The molecule has 3 N–H and O–H groups in total. The van der Waals surface area contributed by atoms with E-state index < -0.39 is 5.91 Å². The number of benzene rings is 2. The highest BCUT2D eigenvalue weighted by molar-refractivity contribution is 6.10. The Kier molecular flexibility index (Phi) is 4.97. The van der Waals surface area contributed by atoms with Gasteiger partial charge >= 0.3 is 0 Å². The number of methoxy groups -OCH3 is 1. The number of carbonyl (C=O) groups excluding carboxylic acids is 2. The number of rotatable bonds is 6. The van der Waals surface area contributed by atoms with Gasteiger partial charge in [0.25, 0.3) is 5.91 Å². The van der Waals surface area contributed by atoms with Crippen molar-refractivity contribution >= 4 is 22.7 Å². The lowest BCUT2D eigenvalue weighted by Crippen LogP contribution is -2.19. The highest BCUT2D eigenvalue weighted by Gasteiger charge is 2.24. The number of imidazole rings is 1. The first-order valence-electron chi connectivity index (χ1n) is 9.50. The van der Waals surface area contributed by atoms with Gasteiger partial charge in [-0.1, -0.05) is 30.3 Å². The van der Waals surface area contributed by atoms with Crippen molar-refractivity contribution in [2.45, 2.75) is 20.6 Å². The van der Waals surface area contributed by atoms with Gasteiger partial charge < -0.3 is 20.0 Å². The zero-order valence-corrected chi connectivity index (χ0v) is 17.0. The van der Waals surface area contributed by atoms with Crippen LogP contribution in [0.3, 0.4) is 0 Å². The largest absolute Gasteiger partial charge is 0.364 e. The minimum absolute atomic E-state index is 0.0525. The minimum atomic E-state index is -0.522. The number of amides is 1. The molecule has 1 amide bonds. The number of aromatic amines is 1. The van der Waals surface area contributed by atoms with E-state index in [1.165, 1.54) is 0 Å². The average Bonchev–Trinajstić information content (AvgIpc) is 3.25. The third-order valence-electron chi connectivity index (χ3n) is 5.28. The molecule has 4 rings (SSSR count). The minimum Gasteiger partial charge on any atom is -0.364 e. The Bertz CT molecular complexity index is 1270.